The lowest BCUT2D eigenvalue weighted by Gasteiger charge is -2.28. The van der Waals surface area contributed by atoms with Crippen molar-refractivity contribution in [2.24, 2.45) is 10.9 Å². The highest BCUT2D eigenvalue weighted by molar-refractivity contribution is 14.0. The molecule has 140 valence electrons. The van der Waals surface area contributed by atoms with Gasteiger partial charge in [0.25, 0.3) is 0 Å². The van der Waals surface area contributed by atoms with Crippen LogP contribution < -0.4 is 20.7 Å². The van der Waals surface area contributed by atoms with Gasteiger partial charge in [-0.25, -0.2) is 0 Å². The molecule has 2 rings (SSSR count). The first-order chi connectivity index (χ1) is 11.6. The molecule has 0 aliphatic carbocycles. The Kier molecular flexibility index (Phi) is 9.62. The summed E-state index contributed by atoms with van der Waals surface area (Å²) in [6.45, 7) is 8.36. The van der Waals surface area contributed by atoms with Gasteiger partial charge in [-0.3, -0.25) is 9.79 Å². The van der Waals surface area contributed by atoms with Gasteiger partial charge in [0.05, 0.1) is 19.2 Å². The topological polar surface area (TPSA) is 74.8 Å². The van der Waals surface area contributed by atoms with Gasteiger partial charge < -0.3 is 20.7 Å². The maximum absolute atomic E-state index is 11.6. The Morgan fingerprint density at radius 2 is 2.08 bits per heavy atom. The second-order valence-electron chi connectivity index (χ2n) is 6.08. The molecule has 0 saturated carbocycles. The van der Waals surface area contributed by atoms with E-state index in [1.807, 2.05) is 39.0 Å². The summed E-state index contributed by atoms with van der Waals surface area (Å²) < 4.78 is 5.69. The van der Waals surface area contributed by atoms with E-state index in [1.54, 1.807) is 0 Å². The molecule has 7 heteroatoms. The van der Waals surface area contributed by atoms with Gasteiger partial charge in [0.15, 0.2) is 5.96 Å². The van der Waals surface area contributed by atoms with Crippen LogP contribution in [0.2, 0.25) is 0 Å². The average Bonchev–Trinajstić information content (AvgIpc) is 2.58. The zero-order chi connectivity index (χ0) is 17.4. The number of halogens is 1. The van der Waals surface area contributed by atoms with Crippen LogP contribution in [0.25, 0.3) is 0 Å². The van der Waals surface area contributed by atoms with Gasteiger partial charge in [-0.2, -0.15) is 0 Å². The van der Waals surface area contributed by atoms with Crippen LogP contribution in [0.4, 0.5) is 0 Å². The van der Waals surface area contributed by atoms with E-state index in [2.05, 4.69) is 27.0 Å². The first-order valence-electron chi connectivity index (χ1n) is 8.66. The summed E-state index contributed by atoms with van der Waals surface area (Å²) in [5.74, 6) is 1.75. The molecule has 0 bridgehead atoms. The largest absolute Gasteiger partial charge is 0.493 e. The number of hydrogen-bond acceptors (Lipinski definition) is 3. The number of nitrogens with one attached hydrogen (secondary N) is 3. The molecule has 1 heterocycles. The van der Waals surface area contributed by atoms with Gasteiger partial charge in [-0.15, -0.1) is 24.0 Å². The van der Waals surface area contributed by atoms with Crippen molar-refractivity contribution in [2.75, 3.05) is 26.2 Å². The van der Waals surface area contributed by atoms with E-state index in [0.717, 1.165) is 30.2 Å². The average molecular weight is 460 g/mol. The predicted octanol–water partition coefficient (Wildman–Crippen LogP) is 2.46. The van der Waals surface area contributed by atoms with Gasteiger partial charge in [-0.05, 0) is 13.0 Å². The van der Waals surface area contributed by atoms with Crippen LogP contribution in [0.1, 0.15) is 38.8 Å². The zero-order valence-electron chi connectivity index (χ0n) is 15.2. The summed E-state index contributed by atoms with van der Waals surface area (Å²) in [7, 11) is 0. The highest BCUT2D eigenvalue weighted by Crippen LogP contribution is 2.31. The molecular formula is C18H29IN4O2. The molecule has 1 unspecified atom stereocenters. The Morgan fingerprint density at radius 1 is 1.32 bits per heavy atom. The number of para-hydroxylation sites is 1. The lowest BCUT2D eigenvalue weighted by Crippen LogP contribution is -2.41. The van der Waals surface area contributed by atoms with E-state index >= 15 is 0 Å². The molecule has 1 aliphatic heterocycles. The molecular weight excluding hydrogens is 431 g/mol. The van der Waals surface area contributed by atoms with Crippen molar-refractivity contribution in [2.45, 2.75) is 33.2 Å². The molecule has 3 N–H and O–H groups in total. The number of carbonyl (C=O) groups excluding carboxylic acids is 1. The molecule has 0 spiro atoms. The molecule has 1 aliphatic rings. The second kappa shape index (κ2) is 11.2. The number of ether oxygens (including phenoxy) is 1. The Morgan fingerprint density at radius 3 is 2.80 bits per heavy atom. The molecule has 0 fully saturated rings. The SMILES string of the molecule is CCNC(=NCCNC(=O)C(C)C)NC1CCOc2ccccc21.I. The number of hydrogen-bond donors (Lipinski definition) is 3. The van der Waals surface area contributed by atoms with Crippen LogP contribution in [0.3, 0.4) is 0 Å². The summed E-state index contributed by atoms with van der Waals surface area (Å²) in [5.41, 5.74) is 1.16. The molecule has 1 aromatic carbocycles. The van der Waals surface area contributed by atoms with Crippen molar-refractivity contribution in [3.05, 3.63) is 29.8 Å². The number of amides is 1. The number of aliphatic imine (C=N–C) groups is 1. The fourth-order valence-electron chi connectivity index (χ4n) is 2.53. The van der Waals surface area contributed by atoms with E-state index in [0.29, 0.717) is 19.7 Å². The van der Waals surface area contributed by atoms with Crippen molar-refractivity contribution < 1.29 is 9.53 Å². The Labute approximate surface area is 167 Å². The van der Waals surface area contributed by atoms with Crippen molar-refractivity contribution in [1.29, 1.82) is 0 Å². The first kappa shape index (κ1) is 21.5. The van der Waals surface area contributed by atoms with E-state index in [9.17, 15) is 4.79 Å². The lowest BCUT2D eigenvalue weighted by molar-refractivity contribution is -0.123. The molecule has 0 radical (unpaired) electrons. The van der Waals surface area contributed by atoms with Crippen molar-refractivity contribution >= 4 is 35.8 Å². The third-order valence-electron chi connectivity index (χ3n) is 3.82. The number of benzene rings is 1. The van der Waals surface area contributed by atoms with Crippen molar-refractivity contribution in [1.82, 2.24) is 16.0 Å². The van der Waals surface area contributed by atoms with Gasteiger partial charge in [0.1, 0.15) is 5.75 Å². The minimum absolute atomic E-state index is 0. The lowest BCUT2D eigenvalue weighted by atomic mass is 10.0. The molecule has 0 aromatic heterocycles. The third-order valence-corrected chi connectivity index (χ3v) is 3.82. The molecule has 1 aromatic rings. The Hall–Kier alpha value is -1.51. The van der Waals surface area contributed by atoms with Crippen molar-refractivity contribution in [3.63, 3.8) is 0 Å². The number of rotatable bonds is 6. The monoisotopic (exact) mass is 460 g/mol. The maximum Gasteiger partial charge on any atom is 0.222 e. The summed E-state index contributed by atoms with van der Waals surface area (Å²) in [4.78, 5) is 16.1. The quantitative estimate of drug-likeness (QED) is 0.264. The first-order valence-corrected chi connectivity index (χ1v) is 8.66. The van der Waals surface area contributed by atoms with E-state index in [-0.39, 0.29) is 41.8 Å². The maximum atomic E-state index is 11.6. The van der Waals surface area contributed by atoms with Crippen LogP contribution in [-0.4, -0.2) is 38.1 Å². The summed E-state index contributed by atoms with van der Waals surface area (Å²) in [6.07, 6.45) is 0.894. The normalized spacial score (nSPS) is 16.3. The predicted molar refractivity (Wildman–Crippen MR) is 112 cm³/mol. The molecule has 1 atom stereocenters. The summed E-state index contributed by atoms with van der Waals surface area (Å²) in [6, 6.07) is 8.26. The molecule has 1 amide bonds. The Bertz CT molecular complexity index is 578. The number of carbonyl (C=O) groups is 1. The smallest absolute Gasteiger partial charge is 0.222 e. The number of fused-ring (bicyclic) bond motifs is 1. The summed E-state index contributed by atoms with van der Waals surface area (Å²) in [5, 5.41) is 9.60. The highest BCUT2D eigenvalue weighted by atomic mass is 127. The van der Waals surface area contributed by atoms with E-state index < -0.39 is 0 Å². The molecule has 25 heavy (non-hydrogen) atoms. The molecule has 0 saturated heterocycles. The number of guanidine groups is 1. The van der Waals surface area contributed by atoms with Crippen molar-refractivity contribution in [3.8, 4) is 5.75 Å². The zero-order valence-corrected chi connectivity index (χ0v) is 17.5. The Balaban J connectivity index is 0.00000312. The van der Waals surface area contributed by atoms with Crippen LogP contribution in [0, 0.1) is 5.92 Å². The van der Waals surface area contributed by atoms with Crippen LogP contribution in [0.15, 0.2) is 29.3 Å². The summed E-state index contributed by atoms with van der Waals surface area (Å²) >= 11 is 0. The molecule has 6 nitrogen and oxygen atoms in total. The van der Waals surface area contributed by atoms with Gasteiger partial charge in [0.2, 0.25) is 5.91 Å². The number of nitrogens with zero attached hydrogens (tertiary/aromatic N) is 1. The van der Waals surface area contributed by atoms with Crippen LogP contribution >= 0.6 is 24.0 Å². The van der Waals surface area contributed by atoms with Gasteiger partial charge in [0, 0.05) is 31.0 Å². The van der Waals surface area contributed by atoms with Crippen LogP contribution in [-0.2, 0) is 4.79 Å². The van der Waals surface area contributed by atoms with Gasteiger partial charge in [-0.1, -0.05) is 32.0 Å². The minimum atomic E-state index is -0.000850. The standard InChI is InChI=1S/C18H28N4O2.HI/c1-4-19-18(21-11-10-20-17(23)13(2)3)22-15-9-12-24-16-8-6-5-7-14(15)16;/h5-8,13,15H,4,9-12H2,1-3H3,(H,20,23)(H2,19,21,22);1H. The van der Waals surface area contributed by atoms with E-state index in [1.165, 1.54) is 0 Å². The van der Waals surface area contributed by atoms with Crippen LogP contribution in [0.5, 0.6) is 5.75 Å². The third kappa shape index (κ3) is 6.72. The minimum Gasteiger partial charge on any atom is -0.493 e. The van der Waals surface area contributed by atoms with E-state index in [4.69, 9.17) is 4.74 Å². The fourth-order valence-corrected chi connectivity index (χ4v) is 2.53. The second-order valence-corrected chi connectivity index (χ2v) is 6.08. The highest BCUT2D eigenvalue weighted by Gasteiger charge is 2.21. The fraction of sp³-hybridized carbons (Fsp3) is 0.556. The van der Waals surface area contributed by atoms with Gasteiger partial charge >= 0.3 is 0 Å².